The van der Waals surface area contributed by atoms with Crippen molar-refractivity contribution in [1.29, 1.82) is 0 Å². The van der Waals surface area contributed by atoms with Gasteiger partial charge in [-0.1, -0.05) is 19.1 Å². The van der Waals surface area contributed by atoms with E-state index in [0.29, 0.717) is 35.3 Å². The fourth-order valence-corrected chi connectivity index (χ4v) is 2.34. The van der Waals surface area contributed by atoms with Crippen molar-refractivity contribution in [2.75, 3.05) is 12.4 Å². The number of hydrogen-bond donors (Lipinski definition) is 1. The van der Waals surface area contributed by atoms with Gasteiger partial charge >= 0.3 is 0 Å². The molecule has 1 aromatic carbocycles. The van der Waals surface area contributed by atoms with Gasteiger partial charge in [0, 0.05) is 12.6 Å². The quantitative estimate of drug-likeness (QED) is 0.753. The minimum Gasteiger partial charge on any atom is -0.495 e. The molecule has 7 heteroatoms. The Bertz CT molecular complexity index is 838. The standard InChI is InChI=1S/C17H18N4O3/c1-3-16-19-20-17(24-16)13-8-6-10-21(13)11-15(22)18-12-7-4-5-9-14(12)23-2/h4-10H,3,11H2,1-2H3,(H,18,22). The van der Waals surface area contributed by atoms with E-state index in [1.54, 1.807) is 30.0 Å². The highest BCUT2D eigenvalue weighted by Crippen LogP contribution is 2.23. The molecular weight excluding hydrogens is 308 g/mol. The van der Waals surface area contributed by atoms with Gasteiger partial charge < -0.3 is 19.0 Å². The summed E-state index contributed by atoms with van der Waals surface area (Å²) in [7, 11) is 1.57. The molecule has 0 saturated carbocycles. The largest absolute Gasteiger partial charge is 0.495 e. The van der Waals surface area contributed by atoms with Crippen molar-refractivity contribution in [1.82, 2.24) is 14.8 Å². The maximum Gasteiger partial charge on any atom is 0.264 e. The number of rotatable bonds is 6. The van der Waals surface area contributed by atoms with E-state index in [2.05, 4.69) is 15.5 Å². The van der Waals surface area contributed by atoms with Gasteiger partial charge in [0.2, 0.25) is 11.8 Å². The zero-order valence-electron chi connectivity index (χ0n) is 13.5. The Morgan fingerprint density at radius 2 is 2.08 bits per heavy atom. The van der Waals surface area contributed by atoms with E-state index in [1.807, 2.05) is 31.2 Å². The van der Waals surface area contributed by atoms with Crippen LogP contribution in [0.4, 0.5) is 5.69 Å². The van der Waals surface area contributed by atoms with E-state index in [0.717, 1.165) is 0 Å². The average molecular weight is 326 g/mol. The normalized spacial score (nSPS) is 10.6. The van der Waals surface area contributed by atoms with E-state index in [9.17, 15) is 4.79 Å². The molecule has 0 unspecified atom stereocenters. The Balaban J connectivity index is 1.75. The second kappa shape index (κ2) is 6.99. The summed E-state index contributed by atoms with van der Waals surface area (Å²) in [6.07, 6.45) is 2.47. The highest BCUT2D eigenvalue weighted by Gasteiger charge is 2.14. The first kappa shape index (κ1) is 15.8. The van der Waals surface area contributed by atoms with Gasteiger partial charge in [-0.15, -0.1) is 10.2 Å². The number of methoxy groups -OCH3 is 1. The number of para-hydroxylation sites is 2. The molecule has 0 aliphatic heterocycles. The second-order valence-corrected chi connectivity index (χ2v) is 5.12. The van der Waals surface area contributed by atoms with Crippen molar-refractivity contribution in [2.24, 2.45) is 0 Å². The predicted octanol–water partition coefficient (Wildman–Crippen LogP) is 2.75. The van der Waals surface area contributed by atoms with Gasteiger partial charge in [-0.2, -0.15) is 0 Å². The van der Waals surface area contributed by atoms with E-state index < -0.39 is 0 Å². The smallest absolute Gasteiger partial charge is 0.264 e. The number of ether oxygens (including phenoxy) is 1. The van der Waals surface area contributed by atoms with Crippen LogP contribution in [0.2, 0.25) is 0 Å². The highest BCUT2D eigenvalue weighted by molar-refractivity contribution is 5.92. The predicted molar refractivity (Wildman–Crippen MR) is 88.7 cm³/mol. The molecule has 1 N–H and O–H groups in total. The molecular formula is C17H18N4O3. The van der Waals surface area contributed by atoms with Crippen LogP contribution < -0.4 is 10.1 Å². The van der Waals surface area contributed by atoms with Crippen LogP contribution in [-0.2, 0) is 17.8 Å². The number of nitrogens with one attached hydrogen (secondary N) is 1. The minimum atomic E-state index is -0.174. The van der Waals surface area contributed by atoms with Crippen LogP contribution in [0.15, 0.2) is 47.0 Å². The van der Waals surface area contributed by atoms with Crippen molar-refractivity contribution < 1.29 is 13.9 Å². The summed E-state index contributed by atoms with van der Waals surface area (Å²) in [6, 6.07) is 10.9. The van der Waals surface area contributed by atoms with E-state index in [-0.39, 0.29) is 12.5 Å². The van der Waals surface area contributed by atoms with Crippen molar-refractivity contribution in [3.8, 4) is 17.3 Å². The lowest BCUT2D eigenvalue weighted by molar-refractivity contribution is -0.116. The number of amides is 1. The Morgan fingerprint density at radius 3 is 2.83 bits per heavy atom. The maximum absolute atomic E-state index is 12.3. The van der Waals surface area contributed by atoms with Crippen LogP contribution in [0.5, 0.6) is 5.75 Å². The zero-order chi connectivity index (χ0) is 16.9. The molecule has 0 atom stereocenters. The lowest BCUT2D eigenvalue weighted by Gasteiger charge is -2.11. The second-order valence-electron chi connectivity index (χ2n) is 5.12. The summed E-state index contributed by atoms with van der Waals surface area (Å²) in [5, 5.41) is 10.8. The van der Waals surface area contributed by atoms with Crippen molar-refractivity contribution in [3.63, 3.8) is 0 Å². The van der Waals surface area contributed by atoms with Crippen LogP contribution in [-0.4, -0.2) is 27.8 Å². The molecule has 0 radical (unpaired) electrons. The molecule has 24 heavy (non-hydrogen) atoms. The lowest BCUT2D eigenvalue weighted by atomic mass is 10.3. The number of benzene rings is 1. The van der Waals surface area contributed by atoms with E-state index >= 15 is 0 Å². The summed E-state index contributed by atoms with van der Waals surface area (Å²) >= 11 is 0. The molecule has 3 aromatic rings. The Morgan fingerprint density at radius 1 is 1.25 bits per heavy atom. The van der Waals surface area contributed by atoms with Crippen LogP contribution in [0, 0.1) is 0 Å². The molecule has 7 nitrogen and oxygen atoms in total. The fraction of sp³-hybridized carbons (Fsp3) is 0.235. The number of hydrogen-bond acceptors (Lipinski definition) is 5. The van der Waals surface area contributed by atoms with E-state index in [1.165, 1.54) is 0 Å². The third-order valence-electron chi connectivity index (χ3n) is 3.51. The molecule has 2 aromatic heterocycles. The molecule has 0 aliphatic carbocycles. The summed E-state index contributed by atoms with van der Waals surface area (Å²) in [4.78, 5) is 12.3. The molecule has 0 bridgehead atoms. The Kier molecular flexibility index (Phi) is 4.60. The van der Waals surface area contributed by atoms with Gasteiger partial charge in [0.15, 0.2) is 0 Å². The number of aryl methyl sites for hydroxylation is 1. The molecule has 0 fully saturated rings. The summed E-state index contributed by atoms with van der Waals surface area (Å²) in [5.74, 6) is 1.41. The van der Waals surface area contributed by atoms with Crippen molar-refractivity contribution >= 4 is 11.6 Å². The monoisotopic (exact) mass is 326 g/mol. The van der Waals surface area contributed by atoms with Gasteiger partial charge in [-0.05, 0) is 24.3 Å². The van der Waals surface area contributed by atoms with Crippen LogP contribution in [0.1, 0.15) is 12.8 Å². The van der Waals surface area contributed by atoms with Crippen LogP contribution in [0.3, 0.4) is 0 Å². The number of carbonyl (C=O) groups excluding carboxylic acids is 1. The average Bonchev–Trinajstić information content (AvgIpc) is 3.23. The van der Waals surface area contributed by atoms with Gasteiger partial charge in [-0.3, -0.25) is 4.79 Å². The molecule has 124 valence electrons. The molecule has 3 rings (SSSR count). The van der Waals surface area contributed by atoms with Gasteiger partial charge in [-0.25, -0.2) is 0 Å². The topological polar surface area (TPSA) is 82.2 Å². The summed E-state index contributed by atoms with van der Waals surface area (Å²) in [6.45, 7) is 2.07. The maximum atomic E-state index is 12.3. The minimum absolute atomic E-state index is 0.129. The fourth-order valence-electron chi connectivity index (χ4n) is 2.34. The Labute approximate surface area is 139 Å². The third kappa shape index (κ3) is 3.29. The molecule has 0 saturated heterocycles. The van der Waals surface area contributed by atoms with Gasteiger partial charge in [0.25, 0.3) is 5.89 Å². The van der Waals surface area contributed by atoms with Crippen LogP contribution in [0.25, 0.3) is 11.6 Å². The van der Waals surface area contributed by atoms with Crippen molar-refractivity contribution in [2.45, 2.75) is 19.9 Å². The number of nitrogens with zero attached hydrogens (tertiary/aromatic N) is 3. The number of carbonyl (C=O) groups is 1. The SMILES string of the molecule is CCc1nnc(-c2cccn2CC(=O)Nc2ccccc2OC)o1. The van der Waals surface area contributed by atoms with Crippen LogP contribution >= 0.6 is 0 Å². The number of aromatic nitrogens is 3. The molecule has 1 amide bonds. The zero-order valence-corrected chi connectivity index (χ0v) is 13.5. The first-order valence-electron chi connectivity index (χ1n) is 7.62. The summed E-state index contributed by atoms with van der Waals surface area (Å²) in [5.41, 5.74) is 1.34. The van der Waals surface area contributed by atoms with Crippen molar-refractivity contribution in [3.05, 3.63) is 48.5 Å². The van der Waals surface area contributed by atoms with Gasteiger partial charge in [0.05, 0.1) is 12.8 Å². The molecule has 0 aliphatic rings. The molecule has 2 heterocycles. The Hall–Kier alpha value is -3.09. The highest BCUT2D eigenvalue weighted by atomic mass is 16.5. The third-order valence-corrected chi connectivity index (χ3v) is 3.51. The lowest BCUT2D eigenvalue weighted by Crippen LogP contribution is -2.19. The first-order chi connectivity index (χ1) is 11.7. The molecule has 0 spiro atoms. The van der Waals surface area contributed by atoms with E-state index in [4.69, 9.17) is 9.15 Å². The summed E-state index contributed by atoms with van der Waals surface area (Å²) < 4.78 is 12.6. The number of anilines is 1. The first-order valence-corrected chi connectivity index (χ1v) is 7.62. The van der Waals surface area contributed by atoms with Gasteiger partial charge in [0.1, 0.15) is 18.0 Å².